The van der Waals surface area contributed by atoms with Crippen LogP contribution in [0.3, 0.4) is 0 Å². The Balaban J connectivity index is 2.05. The van der Waals surface area contributed by atoms with E-state index in [0.29, 0.717) is 0 Å². The number of hydrogen-bond acceptors (Lipinski definition) is 2. The number of hydrogen-bond donors (Lipinski definition) is 3. The summed E-state index contributed by atoms with van der Waals surface area (Å²) in [6.45, 7) is 4.17. The van der Waals surface area contributed by atoms with E-state index in [0.717, 1.165) is 55.3 Å². The van der Waals surface area contributed by atoms with Crippen LogP contribution < -0.4 is 10.6 Å². The van der Waals surface area contributed by atoms with E-state index >= 15 is 0 Å². The molecular weight excluding hydrogens is 264 g/mol. The summed E-state index contributed by atoms with van der Waals surface area (Å²) in [7, 11) is 0. The lowest BCUT2D eigenvalue weighted by molar-refractivity contribution is 0.0955. The number of urea groups is 1. The third-order valence-electron chi connectivity index (χ3n) is 4.28. The van der Waals surface area contributed by atoms with Crippen LogP contribution in [0.1, 0.15) is 50.7 Å². The molecule has 21 heavy (non-hydrogen) atoms. The predicted molar refractivity (Wildman–Crippen MR) is 85.6 cm³/mol. The number of aryl methyl sites for hydroxylation is 2. The summed E-state index contributed by atoms with van der Waals surface area (Å²) in [6.07, 6.45) is 5.08. The lowest BCUT2D eigenvalue weighted by atomic mass is 9.93. The topological polar surface area (TPSA) is 61.4 Å². The first-order valence-electron chi connectivity index (χ1n) is 8.02. The van der Waals surface area contributed by atoms with Crippen LogP contribution in [0.4, 0.5) is 10.5 Å². The van der Waals surface area contributed by atoms with Gasteiger partial charge in [-0.25, -0.2) is 4.79 Å². The number of benzene rings is 1. The van der Waals surface area contributed by atoms with Crippen LogP contribution >= 0.6 is 0 Å². The van der Waals surface area contributed by atoms with E-state index in [1.807, 2.05) is 18.2 Å². The minimum atomic E-state index is -0.420. The van der Waals surface area contributed by atoms with Gasteiger partial charge in [0.2, 0.25) is 0 Å². The number of carbonyl (C=O) groups excluding carboxylic acids is 1. The molecule has 2 unspecified atom stereocenters. The fourth-order valence-corrected chi connectivity index (χ4v) is 3.00. The molecule has 1 aromatic carbocycles. The van der Waals surface area contributed by atoms with Gasteiger partial charge in [0.1, 0.15) is 0 Å². The SMILES string of the molecule is CCc1cccc(CC)c1NC(=O)NC1CCCCC1O. The van der Waals surface area contributed by atoms with Gasteiger partial charge in [0, 0.05) is 5.69 Å². The van der Waals surface area contributed by atoms with E-state index in [1.165, 1.54) is 0 Å². The van der Waals surface area contributed by atoms with Crippen molar-refractivity contribution in [2.75, 3.05) is 5.32 Å². The molecule has 0 bridgehead atoms. The Bertz CT molecular complexity index is 465. The molecule has 0 heterocycles. The molecule has 1 aliphatic rings. The Kier molecular flexibility index (Phi) is 5.62. The molecule has 0 saturated heterocycles. The number of aliphatic hydroxyl groups excluding tert-OH is 1. The summed E-state index contributed by atoms with van der Waals surface area (Å²) in [4.78, 5) is 12.2. The first-order chi connectivity index (χ1) is 10.2. The van der Waals surface area contributed by atoms with E-state index in [4.69, 9.17) is 0 Å². The number of carbonyl (C=O) groups is 1. The largest absolute Gasteiger partial charge is 0.391 e. The van der Waals surface area contributed by atoms with Crippen LogP contribution in [-0.4, -0.2) is 23.3 Å². The van der Waals surface area contributed by atoms with Gasteiger partial charge in [-0.3, -0.25) is 0 Å². The van der Waals surface area contributed by atoms with Crippen molar-refractivity contribution in [1.82, 2.24) is 5.32 Å². The van der Waals surface area contributed by atoms with Gasteiger partial charge in [-0.1, -0.05) is 44.9 Å². The van der Waals surface area contributed by atoms with E-state index in [2.05, 4.69) is 24.5 Å². The summed E-state index contributed by atoms with van der Waals surface area (Å²) in [5.74, 6) is 0. The first kappa shape index (κ1) is 15.8. The van der Waals surface area contributed by atoms with Gasteiger partial charge in [-0.15, -0.1) is 0 Å². The van der Waals surface area contributed by atoms with Crippen molar-refractivity contribution in [3.63, 3.8) is 0 Å². The summed E-state index contributed by atoms with van der Waals surface area (Å²) in [5.41, 5.74) is 3.22. The average molecular weight is 290 g/mol. The second-order valence-electron chi connectivity index (χ2n) is 5.72. The van der Waals surface area contributed by atoms with Crippen LogP contribution in [0.5, 0.6) is 0 Å². The maximum absolute atomic E-state index is 12.2. The van der Waals surface area contributed by atoms with Crippen LogP contribution in [0, 0.1) is 0 Å². The third-order valence-corrected chi connectivity index (χ3v) is 4.28. The highest BCUT2D eigenvalue weighted by atomic mass is 16.3. The molecule has 2 amide bonds. The zero-order chi connectivity index (χ0) is 15.2. The van der Waals surface area contributed by atoms with Crippen LogP contribution in [0.25, 0.3) is 0 Å². The van der Waals surface area contributed by atoms with Crippen LogP contribution in [-0.2, 0) is 12.8 Å². The predicted octanol–water partition coefficient (Wildman–Crippen LogP) is 3.24. The highest BCUT2D eigenvalue weighted by Gasteiger charge is 2.24. The number of anilines is 1. The summed E-state index contributed by atoms with van der Waals surface area (Å²) in [5, 5.41) is 15.9. The van der Waals surface area contributed by atoms with Gasteiger partial charge in [-0.05, 0) is 36.8 Å². The second-order valence-corrected chi connectivity index (χ2v) is 5.72. The van der Waals surface area contributed by atoms with E-state index < -0.39 is 6.10 Å². The van der Waals surface area contributed by atoms with Crippen LogP contribution in [0.15, 0.2) is 18.2 Å². The van der Waals surface area contributed by atoms with E-state index in [9.17, 15) is 9.90 Å². The Labute approximate surface area is 126 Å². The quantitative estimate of drug-likeness (QED) is 0.797. The number of rotatable bonds is 4. The summed E-state index contributed by atoms with van der Waals surface area (Å²) >= 11 is 0. The molecule has 3 N–H and O–H groups in total. The standard InChI is InChI=1S/C17H26N2O2/c1-3-12-8-7-9-13(4-2)16(12)19-17(21)18-14-10-5-6-11-15(14)20/h7-9,14-15,20H,3-6,10-11H2,1-2H3,(H2,18,19,21). The monoisotopic (exact) mass is 290 g/mol. The molecule has 0 spiro atoms. The molecule has 0 aliphatic heterocycles. The molecule has 116 valence electrons. The molecule has 4 heteroatoms. The number of amides is 2. The van der Waals surface area contributed by atoms with E-state index in [-0.39, 0.29) is 12.1 Å². The van der Waals surface area contributed by atoms with Crippen LogP contribution in [0.2, 0.25) is 0 Å². The second kappa shape index (κ2) is 7.46. The molecule has 1 aliphatic carbocycles. The maximum Gasteiger partial charge on any atom is 0.319 e. The van der Waals surface area contributed by atoms with Gasteiger partial charge in [0.05, 0.1) is 12.1 Å². The average Bonchev–Trinajstić information content (AvgIpc) is 2.49. The normalized spacial score (nSPS) is 21.9. The lowest BCUT2D eigenvalue weighted by Gasteiger charge is -2.28. The molecule has 0 radical (unpaired) electrons. The van der Waals surface area contributed by atoms with Gasteiger partial charge in [0.25, 0.3) is 0 Å². The number of nitrogens with one attached hydrogen (secondary N) is 2. The minimum absolute atomic E-state index is 0.127. The van der Waals surface area contributed by atoms with Crippen molar-refractivity contribution in [1.29, 1.82) is 0 Å². The first-order valence-corrected chi connectivity index (χ1v) is 8.02. The molecule has 2 atom stereocenters. The molecule has 0 aromatic heterocycles. The van der Waals surface area contributed by atoms with Crippen molar-refractivity contribution in [3.05, 3.63) is 29.3 Å². The zero-order valence-corrected chi connectivity index (χ0v) is 13.0. The molecule has 4 nitrogen and oxygen atoms in total. The Morgan fingerprint density at radius 1 is 1.19 bits per heavy atom. The lowest BCUT2D eigenvalue weighted by Crippen LogP contribution is -2.46. The summed E-state index contributed by atoms with van der Waals surface area (Å²) < 4.78 is 0. The molecule has 2 rings (SSSR count). The smallest absolute Gasteiger partial charge is 0.319 e. The van der Waals surface area contributed by atoms with Crippen molar-refractivity contribution < 1.29 is 9.90 Å². The van der Waals surface area contributed by atoms with Gasteiger partial charge in [-0.2, -0.15) is 0 Å². The Morgan fingerprint density at radius 3 is 2.38 bits per heavy atom. The number of aliphatic hydroxyl groups is 1. The van der Waals surface area contributed by atoms with Gasteiger partial charge in [0.15, 0.2) is 0 Å². The molecule has 1 aromatic rings. The van der Waals surface area contributed by atoms with Crippen molar-refractivity contribution in [2.45, 2.75) is 64.5 Å². The zero-order valence-electron chi connectivity index (χ0n) is 13.0. The fourth-order valence-electron chi connectivity index (χ4n) is 3.00. The maximum atomic E-state index is 12.2. The van der Waals surface area contributed by atoms with Gasteiger partial charge < -0.3 is 15.7 Å². The Hall–Kier alpha value is -1.55. The van der Waals surface area contributed by atoms with Crippen molar-refractivity contribution in [2.24, 2.45) is 0 Å². The Morgan fingerprint density at radius 2 is 1.81 bits per heavy atom. The highest BCUT2D eigenvalue weighted by molar-refractivity contribution is 5.91. The van der Waals surface area contributed by atoms with Crippen molar-refractivity contribution in [3.8, 4) is 0 Å². The van der Waals surface area contributed by atoms with Gasteiger partial charge >= 0.3 is 6.03 Å². The minimum Gasteiger partial charge on any atom is -0.391 e. The molecule has 1 fully saturated rings. The fraction of sp³-hybridized carbons (Fsp3) is 0.588. The highest BCUT2D eigenvalue weighted by Crippen LogP contribution is 2.23. The summed E-state index contributed by atoms with van der Waals surface area (Å²) in [6, 6.07) is 5.79. The third kappa shape index (κ3) is 3.97. The molecular formula is C17H26N2O2. The van der Waals surface area contributed by atoms with Crippen molar-refractivity contribution >= 4 is 11.7 Å². The van der Waals surface area contributed by atoms with E-state index in [1.54, 1.807) is 0 Å². The number of para-hydroxylation sites is 1. The molecule has 1 saturated carbocycles.